The molecule has 0 radical (unpaired) electrons. The lowest BCUT2D eigenvalue weighted by Crippen LogP contribution is -2.53. The second-order valence-electron chi connectivity index (χ2n) is 4.77. The molecule has 0 heterocycles. The molecule has 0 aliphatic heterocycles. The number of likely N-dealkylation sites (N-methyl/N-ethyl adjacent to an activating group) is 1. The summed E-state index contributed by atoms with van der Waals surface area (Å²) in [6.07, 6.45) is -3.50. The predicted octanol–water partition coefficient (Wildman–Crippen LogP) is 2.24. The number of nitrogens with two attached hydrogens (primary N) is 1. The van der Waals surface area contributed by atoms with Gasteiger partial charge < -0.3 is 5.73 Å². The van der Waals surface area contributed by atoms with Crippen LogP contribution >= 0.6 is 0 Å². The Kier molecular flexibility index (Phi) is 5.06. The molecule has 0 aromatic carbocycles. The minimum atomic E-state index is -4.16. The summed E-state index contributed by atoms with van der Waals surface area (Å²) in [5, 5.41) is 0. The average molecular weight is 226 g/mol. The maximum absolute atomic E-state index is 12.2. The normalized spacial score (nSPS) is 17.2. The Morgan fingerprint density at radius 2 is 1.73 bits per heavy atom. The topological polar surface area (TPSA) is 29.3 Å². The predicted molar refractivity (Wildman–Crippen MR) is 55.6 cm³/mol. The van der Waals surface area contributed by atoms with Crippen molar-refractivity contribution in [3.05, 3.63) is 0 Å². The highest BCUT2D eigenvalue weighted by atomic mass is 19.4. The molecule has 1 atom stereocenters. The number of hydrogen-bond donors (Lipinski definition) is 1. The number of hydrogen-bond acceptors (Lipinski definition) is 2. The van der Waals surface area contributed by atoms with Crippen molar-refractivity contribution in [1.29, 1.82) is 0 Å². The third-order valence-electron chi connectivity index (χ3n) is 2.63. The van der Waals surface area contributed by atoms with E-state index in [-0.39, 0.29) is 6.54 Å². The van der Waals surface area contributed by atoms with Crippen LogP contribution in [-0.4, -0.2) is 36.8 Å². The molecular formula is C10H21F3N2. The number of alkyl halides is 3. The zero-order valence-corrected chi connectivity index (χ0v) is 9.86. The van der Waals surface area contributed by atoms with Crippen molar-refractivity contribution in [3.8, 4) is 0 Å². The molecule has 2 N–H and O–H groups in total. The molecular weight excluding hydrogens is 205 g/mol. The largest absolute Gasteiger partial charge is 0.401 e. The fraction of sp³-hybridized carbons (Fsp3) is 1.00. The number of rotatable bonds is 5. The molecule has 0 rings (SSSR count). The Morgan fingerprint density at radius 3 is 2.00 bits per heavy atom. The van der Waals surface area contributed by atoms with Crippen LogP contribution in [0.25, 0.3) is 0 Å². The van der Waals surface area contributed by atoms with Gasteiger partial charge in [0.25, 0.3) is 0 Å². The number of nitrogens with zero attached hydrogens (tertiary/aromatic N) is 1. The van der Waals surface area contributed by atoms with E-state index >= 15 is 0 Å². The van der Waals surface area contributed by atoms with Crippen LogP contribution in [0.4, 0.5) is 13.2 Å². The molecule has 0 amide bonds. The molecule has 0 aromatic heterocycles. The fourth-order valence-corrected chi connectivity index (χ4v) is 1.73. The van der Waals surface area contributed by atoms with Crippen LogP contribution in [0.3, 0.4) is 0 Å². The van der Waals surface area contributed by atoms with Crippen LogP contribution in [0.15, 0.2) is 0 Å². The summed E-state index contributed by atoms with van der Waals surface area (Å²) in [5.74, 6) is 0.328. The highest BCUT2D eigenvalue weighted by molar-refractivity contribution is 4.87. The molecule has 0 spiro atoms. The van der Waals surface area contributed by atoms with Gasteiger partial charge in [-0.3, -0.25) is 4.90 Å². The summed E-state index contributed by atoms with van der Waals surface area (Å²) in [4.78, 5) is 1.30. The maximum Gasteiger partial charge on any atom is 0.401 e. The molecule has 0 saturated carbocycles. The monoisotopic (exact) mass is 226 g/mol. The maximum atomic E-state index is 12.2. The highest BCUT2D eigenvalue weighted by Crippen LogP contribution is 2.25. The van der Waals surface area contributed by atoms with E-state index in [2.05, 4.69) is 0 Å². The van der Waals surface area contributed by atoms with Gasteiger partial charge in [-0.25, -0.2) is 0 Å². The molecule has 0 bridgehead atoms. The first-order chi connectivity index (χ1) is 6.60. The van der Waals surface area contributed by atoms with E-state index in [0.717, 1.165) is 0 Å². The Balaban J connectivity index is 4.51. The summed E-state index contributed by atoms with van der Waals surface area (Å²) in [6.45, 7) is 5.06. The van der Waals surface area contributed by atoms with Crippen LogP contribution in [0.1, 0.15) is 27.2 Å². The van der Waals surface area contributed by atoms with E-state index in [1.165, 1.54) is 11.9 Å². The third-order valence-corrected chi connectivity index (χ3v) is 2.63. The standard InChI is InChI=1S/C10H21F3N2/c1-8(2)5-9(3,6-14)15(4)7-10(11,12)13/h8H,5-7,14H2,1-4H3. The summed E-state index contributed by atoms with van der Waals surface area (Å²) < 4.78 is 36.7. The SMILES string of the molecule is CC(C)CC(C)(CN)N(C)CC(F)(F)F. The zero-order valence-electron chi connectivity index (χ0n) is 9.86. The summed E-state index contributed by atoms with van der Waals surface area (Å²) in [7, 11) is 1.47. The molecule has 0 aliphatic carbocycles. The summed E-state index contributed by atoms with van der Waals surface area (Å²) in [5.41, 5.74) is 4.99. The highest BCUT2D eigenvalue weighted by Gasteiger charge is 2.37. The summed E-state index contributed by atoms with van der Waals surface area (Å²) >= 11 is 0. The lowest BCUT2D eigenvalue weighted by atomic mass is 9.89. The molecule has 1 unspecified atom stereocenters. The van der Waals surface area contributed by atoms with E-state index in [9.17, 15) is 13.2 Å². The first-order valence-corrected chi connectivity index (χ1v) is 5.09. The molecule has 15 heavy (non-hydrogen) atoms. The minimum Gasteiger partial charge on any atom is -0.329 e. The van der Waals surface area contributed by atoms with E-state index in [1.807, 2.05) is 13.8 Å². The molecule has 0 aromatic rings. The van der Waals surface area contributed by atoms with Gasteiger partial charge in [0.15, 0.2) is 0 Å². The van der Waals surface area contributed by atoms with Gasteiger partial charge in [0, 0.05) is 12.1 Å². The zero-order chi connectivity index (χ0) is 12.3. The van der Waals surface area contributed by atoms with Crippen molar-refractivity contribution < 1.29 is 13.2 Å². The Labute approximate surface area is 89.6 Å². The van der Waals surface area contributed by atoms with Crippen molar-refractivity contribution in [2.75, 3.05) is 20.1 Å². The summed E-state index contributed by atoms with van der Waals surface area (Å²) in [6, 6.07) is 0. The third kappa shape index (κ3) is 5.37. The van der Waals surface area contributed by atoms with Crippen molar-refractivity contribution in [1.82, 2.24) is 4.90 Å². The van der Waals surface area contributed by atoms with Crippen molar-refractivity contribution in [3.63, 3.8) is 0 Å². The van der Waals surface area contributed by atoms with Gasteiger partial charge in [0.1, 0.15) is 0 Å². The van der Waals surface area contributed by atoms with E-state index < -0.39 is 18.3 Å². The first kappa shape index (κ1) is 14.7. The van der Waals surface area contributed by atoms with E-state index in [4.69, 9.17) is 5.73 Å². The Morgan fingerprint density at radius 1 is 1.27 bits per heavy atom. The average Bonchev–Trinajstić information content (AvgIpc) is 1.99. The smallest absolute Gasteiger partial charge is 0.329 e. The fourth-order valence-electron chi connectivity index (χ4n) is 1.73. The molecule has 0 fully saturated rings. The Hall–Kier alpha value is -0.290. The Bertz CT molecular complexity index is 192. The number of halogens is 3. The van der Waals surface area contributed by atoms with Gasteiger partial charge in [-0.15, -0.1) is 0 Å². The van der Waals surface area contributed by atoms with Gasteiger partial charge >= 0.3 is 6.18 Å². The van der Waals surface area contributed by atoms with Crippen molar-refractivity contribution in [2.24, 2.45) is 11.7 Å². The van der Waals surface area contributed by atoms with Crippen LogP contribution in [0.5, 0.6) is 0 Å². The lowest BCUT2D eigenvalue weighted by molar-refractivity contribution is -0.154. The van der Waals surface area contributed by atoms with Crippen LogP contribution in [0, 0.1) is 5.92 Å². The van der Waals surface area contributed by atoms with Crippen LogP contribution in [-0.2, 0) is 0 Å². The molecule has 5 heteroatoms. The minimum absolute atomic E-state index is 0.234. The van der Waals surface area contributed by atoms with Gasteiger partial charge in [0.05, 0.1) is 6.54 Å². The van der Waals surface area contributed by atoms with Crippen molar-refractivity contribution >= 4 is 0 Å². The lowest BCUT2D eigenvalue weighted by Gasteiger charge is -2.39. The van der Waals surface area contributed by atoms with Gasteiger partial charge in [-0.05, 0) is 26.3 Å². The molecule has 0 aliphatic rings. The van der Waals surface area contributed by atoms with Gasteiger partial charge in [0.2, 0.25) is 0 Å². The van der Waals surface area contributed by atoms with Crippen LogP contribution in [0.2, 0.25) is 0 Å². The second kappa shape index (κ2) is 5.16. The van der Waals surface area contributed by atoms with Gasteiger partial charge in [-0.1, -0.05) is 13.8 Å². The van der Waals surface area contributed by atoms with Crippen LogP contribution < -0.4 is 5.73 Å². The quantitative estimate of drug-likeness (QED) is 0.779. The first-order valence-electron chi connectivity index (χ1n) is 5.09. The van der Waals surface area contributed by atoms with Gasteiger partial charge in [-0.2, -0.15) is 13.2 Å². The molecule has 2 nitrogen and oxygen atoms in total. The molecule has 0 saturated heterocycles. The van der Waals surface area contributed by atoms with Crippen molar-refractivity contribution in [2.45, 2.75) is 38.9 Å². The second-order valence-corrected chi connectivity index (χ2v) is 4.77. The van der Waals surface area contributed by atoms with E-state index in [0.29, 0.717) is 12.3 Å². The molecule has 92 valence electrons. The van der Waals surface area contributed by atoms with E-state index in [1.54, 1.807) is 6.92 Å².